The van der Waals surface area contributed by atoms with Gasteiger partial charge in [0.2, 0.25) is 0 Å². The molecule has 0 heterocycles. The first-order chi connectivity index (χ1) is 15.4. The van der Waals surface area contributed by atoms with Crippen LogP contribution in [0.5, 0.6) is 11.5 Å². The fraction of sp³-hybridized carbons (Fsp3) is 0.400. The summed E-state index contributed by atoms with van der Waals surface area (Å²) >= 11 is 0. The van der Waals surface area contributed by atoms with Crippen molar-refractivity contribution >= 4 is 17.7 Å². The Bertz CT molecular complexity index is 961. The maximum absolute atomic E-state index is 13.4. The Balaban J connectivity index is 2.69. The number of aromatic hydroxyl groups is 1. The van der Waals surface area contributed by atoms with E-state index in [2.05, 4.69) is 6.92 Å². The highest BCUT2D eigenvalue weighted by molar-refractivity contribution is 6.18. The molecule has 0 atom stereocenters. The van der Waals surface area contributed by atoms with Gasteiger partial charge in [-0.3, -0.25) is 4.79 Å². The predicted octanol–water partition coefficient (Wildman–Crippen LogP) is 4.72. The minimum absolute atomic E-state index is 0.0164. The second kappa shape index (κ2) is 11.9. The zero-order valence-electron chi connectivity index (χ0n) is 19.0. The standard InChI is InChI=1S/C25H30O7/c1-5-7-8-9-10-17-15-19(22(26)16-11-13-18(30-3)14-12-16)20(25(29)32-6-2)21(23(17)27)24(28)31-4/h11-15,27H,5-10H2,1-4H3. The molecule has 0 bridgehead atoms. The number of carbonyl (C=O) groups excluding carboxylic acids is 3. The van der Waals surface area contributed by atoms with Gasteiger partial charge in [-0.2, -0.15) is 0 Å². The fourth-order valence-electron chi connectivity index (χ4n) is 3.45. The minimum Gasteiger partial charge on any atom is -0.507 e. The van der Waals surface area contributed by atoms with Crippen LogP contribution in [0.3, 0.4) is 0 Å². The number of unbranched alkanes of at least 4 members (excludes halogenated alkanes) is 3. The van der Waals surface area contributed by atoms with Gasteiger partial charge in [-0.05, 0) is 55.7 Å². The van der Waals surface area contributed by atoms with Crippen LogP contribution >= 0.6 is 0 Å². The molecule has 2 rings (SSSR count). The Hall–Kier alpha value is -3.35. The Morgan fingerprint density at radius 1 is 0.906 bits per heavy atom. The largest absolute Gasteiger partial charge is 0.507 e. The van der Waals surface area contributed by atoms with Gasteiger partial charge in [0.15, 0.2) is 5.78 Å². The molecule has 0 aliphatic rings. The third-order valence-corrected chi connectivity index (χ3v) is 5.14. The molecule has 7 nitrogen and oxygen atoms in total. The van der Waals surface area contributed by atoms with Gasteiger partial charge in [0.1, 0.15) is 17.1 Å². The highest BCUT2D eigenvalue weighted by Gasteiger charge is 2.31. The van der Waals surface area contributed by atoms with Crippen molar-refractivity contribution in [2.45, 2.75) is 46.0 Å². The molecular formula is C25H30O7. The van der Waals surface area contributed by atoms with Gasteiger partial charge in [-0.15, -0.1) is 0 Å². The van der Waals surface area contributed by atoms with E-state index in [1.165, 1.54) is 13.2 Å². The van der Waals surface area contributed by atoms with Gasteiger partial charge < -0.3 is 19.3 Å². The highest BCUT2D eigenvalue weighted by Crippen LogP contribution is 2.33. The highest BCUT2D eigenvalue weighted by atomic mass is 16.5. The monoisotopic (exact) mass is 442 g/mol. The zero-order chi connectivity index (χ0) is 23.7. The lowest BCUT2D eigenvalue weighted by Crippen LogP contribution is -2.20. The van der Waals surface area contributed by atoms with Crippen molar-refractivity contribution in [2.75, 3.05) is 20.8 Å². The number of hydrogen-bond acceptors (Lipinski definition) is 7. The lowest BCUT2D eigenvalue weighted by Gasteiger charge is -2.17. The minimum atomic E-state index is -0.912. The Kier molecular flexibility index (Phi) is 9.25. The van der Waals surface area contributed by atoms with Crippen LogP contribution in [-0.2, 0) is 15.9 Å². The summed E-state index contributed by atoms with van der Waals surface area (Å²) in [6.45, 7) is 3.74. The van der Waals surface area contributed by atoms with Crippen LogP contribution in [0.25, 0.3) is 0 Å². The molecule has 0 saturated carbocycles. The summed E-state index contributed by atoms with van der Waals surface area (Å²) in [4.78, 5) is 38.8. The molecule has 0 saturated heterocycles. The number of hydrogen-bond donors (Lipinski definition) is 1. The lowest BCUT2D eigenvalue weighted by atomic mass is 9.89. The summed E-state index contributed by atoms with van der Waals surface area (Å²) in [5, 5.41) is 10.9. The van der Waals surface area contributed by atoms with Crippen LogP contribution in [0, 0.1) is 0 Å². The van der Waals surface area contributed by atoms with E-state index < -0.39 is 17.7 Å². The van der Waals surface area contributed by atoms with Gasteiger partial charge in [0.25, 0.3) is 0 Å². The summed E-state index contributed by atoms with van der Waals surface area (Å²) < 4.78 is 15.1. The molecule has 2 aromatic rings. The molecule has 0 radical (unpaired) electrons. The molecule has 172 valence electrons. The van der Waals surface area contributed by atoms with Gasteiger partial charge in [-0.1, -0.05) is 26.2 Å². The van der Waals surface area contributed by atoms with Crippen molar-refractivity contribution in [3.63, 3.8) is 0 Å². The fourth-order valence-corrected chi connectivity index (χ4v) is 3.45. The van der Waals surface area contributed by atoms with Crippen LogP contribution in [0.1, 0.15) is 81.7 Å². The molecule has 0 unspecified atom stereocenters. The van der Waals surface area contributed by atoms with Gasteiger partial charge in [0, 0.05) is 11.1 Å². The van der Waals surface area contributed by atoms with E-state index in [0.717, 1.165) is 32.8 Å². The normalized spacial score (nSPS) is 10.5. The van der Waals surface area contributed by atoms with Crippen LogP contribution in [-0.4, -0.2) is 43.7 Å². The number of benzene rings is 2. The number of ether oxygens (including phenoxy) is 3. The summed E-state index contributed by atoms with van der Waals surface area (Å²) in [5.74, 6) is -2.05. The summed E-state index contributed by atoms with van der Waals surface area (Å²) in [7, 11) is 2.67. The molecule has 0 amide bonds. The van der Waals surface area contributed by atoms with Gasteiger partial charge in [0.05, 0.1) is 26.4 Å². The van der Waals surface area contributed by atoms with Crippen molar-refractivity contribution in [3.8, 4) is 11.5 Å². The number of phenolic OH excluding ortho intramolecular Hbond substituents is 1. The smallest absolute Gasteiger partial charge is 0.342 e. The molecule has 0 spiro atoms. The van der Waals surface area contributed by atoms with Crippen molar-refractivity contribution in [1.82, 2.24) is 0 Å². The SMILES string of the molecule is CCCCCCc1cc(C(=O)c2ccc(OC)cc2)c(C(=O)OCC)c(C(=O)OC)c1O. The molecule has 0 aliphatic carbocycles. The summed E-state index contributed by atoms with van der Waals surface area (Å²) in [6.07, 6.45) is 4.22. The summed E-state index contributed by atoms with van der Waals surface area (Å²) in [5.41, 5.74) is 0.0450. The number of rotatable bonds is 11. The van der Waals surface area contributed by atoms with Gasteiger partial charge in [-0.25, -0.2) is 9.59 Å². The number of esters is 2. The van der Waals surface area contributed by atoms with Crippen LogP contribution in [0.2, 0.25) is 0 Å². The van der Waals surface area contributed by atoms with Crippen molar-refractivity contribution in [3.05, 3.63) is 58.1 Å². The number of aryl methyl sites for hydroxylation is 1. The molecule has 0 fully saturated rings. The Labute approximate surface area is 188 Å². The van der Waals surface area contributed by atoms with Crippen molar-refractivity contribution in [2.24, 2.45) is 0 Å². The molecule has 0 aromatic heterocycles. The van der Waals surface area contributed by atoms with Crippen LogP contribution < -0.4 is 4.74 Å². The third kappa shape index (κ3) is 5.66. The first-order valence-electron chi connectivity index (χ1n) is 10.7. The average Bonchev–Trinajstić information content (AvgIpc) is 2.81. The van der Waals surface area contributed by atoms with E-state index in [1.54, 1.807) is 31.2 Å². The van der Waals surface area contributed by atoms with Gasteiger partial charge >= 0.3 is 11.9 Å². The first kappa shape index (κ1) is 24.9. The van der Waals surface area contributed by atoms with E-state index in [1.807, 2.05) is 0 Å². The second-order valence-electron chi connectivity index (χ2n) is 7.26. The number of phenols is 1. The predicted molar refractivity (Wildman–Crippen MR) is 120 cm³/mol. The third-order valence-electron chi connectivity index (χ3n) is 5.14. The van der Waals surface area contributed by atoms with Crippen molar-refractivity contribution < 1.29 is 33.7 Å². The maximum atomic E-state index is 13.4. The number of methoxy groups -OCH3 is 2. The van der Waals surface area contributed by atoms with Crippen LogP contribution in [0.4, 0.5) is 0 Å². The molecule has 7 heteroatoms. The topological polar surface area (TPSA) is 99.1 Å². The molecule has 1 N–H and O–H groups in total. The molecule has 2 aromatic carbocycles. The van der Waals surface area contributed by atoms with E-state index in [4.69, 9.17) is 14.2 Å². The maximum Gasteiger partial charge on any atom is 0.342 e. The van der Waals surface area contributed by atoms with E-state index >= 15 is 0 Å². The lowest BCUT2D eigenvalue weighted by molar-refractivity contribution is 0.0499. The Morgan fingerprint density at radius 3 is 2.16 bits per heavy atom. The average molecular weight is 443 g/mol. The van der Waals surface area contributed by atoms with Crippen molar-refractivity contribution in [1.29, 1.82) is 0 Å². The quantitative estimate of drug-likeness (QED) is 0.305. The summed E-state index contributed by atoms with van der Waals surface area (Å²) in [6, 6.07) is 7.88. The number of carbonyl (C=O) groups is 3. The number of ketones is 1. The van der Waals surface area contributed by atoms with E-state index in [0.29, 0.717) is 23.3 Å². The first-order valence-corrected chi connectivity index (χ1v) is 10.7. The van der Waals surface area contributed by atoms with E-state index in [-0.39, 0.29) is 29.0 Å². The van der Waals surface area contributed by atoms with Crippen LogP contribution in [0.15, 0.2) is 30.3 Å². The second-order valence-corrected chi connectivity index (χ2v) is 7.26. The zero-order valence-corrected chi connectivity index (χ0v) is 19.0. The van der Waals surface area contributed by atoms with E-state index in [9.17, 15) is 19.5 Å². The molecule has 32 heavy (non-hydrogen) atoms. The molecular weight excluding hydrogens is 412 g/mol. The molecule has 0 aliphatic heterocycles. The Morgan fingerprint density at radius 2 is 1.59 bits per heavy atom.